The molecule has 0 radical (unpaired) electrons. The Kier molecular flexibility index (Phi) is 3.30. The molecule has 0 bridgehead atoms. The molecule has 0 fully saturated rings. The molecule has 0 aliphatic carbocycles. The molecule has 1 nitrogen and oxygen atoms in total. The topological polar surface area (TPSA) is 23.8 Å². The van der Waals surface area contributed by atoms with E-state index in [1.807, 2.05) is 19.1 Å². The molecule has 0 N–H and O–H groups in total. The molecule has 0 aromatic heterocycles. The highest BCUT2D eigenvalue weighted by atomic mass is 14.3. The molecule has 1 rings (SSSR count). The fraction of sp³-hybridized carbons (Fsp3) is 0.462. The van der Waals surface area contributed by atoms with E-state index in [1.54, 1.807) is 0 Å². The summed E-state index contributed by atoms with van der Waals surface area (Å²) in [6, 6.07) is 10.7. The monoisotopic (exact) mass is 187 g/mol. The van der Waals surface area contributed by atoms with Crippen LogP contribution in [0.4, 0.5) is 0 Å². The number of hydrogen-bond donors (Lipinski definition) is 0. The van der Waals surface area contributed by atoms with Gasteiger partial charge in [0.05, 0.1) is 11.5 Å². The van der Waals surface area contributed by atoms with E-state index >= 15 is 0 Å². The Labute approximate surface area is 86.4 Å². The maximum absolute atomic E-state index is 9.09. The third-order valence-corrected chi connectivity index (χ3v) is 2.89. The molecule has 1 aromatic carbocycles. The average molecular weight is 187 g/mol. The van der Waals surface area contributed by atoms with Crippen LogP contribution >= 0.6 is 0 Å². The van der Waals surface area contributed by atoms with Crippen LogP contribution in [0.2, 0.25) is 0 Å². The molecule has 0 saturated carbocycles. The van der Waals surface area contributed by atoms with Crippen LogP contribution in [-0.2, 0) is 6.42 Å². The van der Waals surface area contributed by atoms with Crippen molar-refractivity contribution in [3.8, 4) is 6.07 Å². The second-order valence-corrected chi connectivity index (χ2v) is 4.13. The first-order valence-electron chi connectivity index (χ1n) is 5.07. The minimum Gasteiger partial charge on any atom is -0.198 e. The van der Waals surface area contributed by atoms with Gasteiger partial charge in [0.2, 0.25) is 0 Å². The Morgan fingerprint density at radius 3 is 2.50 bits per heavy atom. The van der Waals surface area contributed by atoms with E-state index in [0.29, 0.717) is 0 Å². The molecule has 0 aliphatic rings. The number of hydrogen-bond acceptors (Lipinski definition) is 1. The Balaban J connectivity index is 2.89. The van der Waals surface area contributed by atoms with E-state index in [2.05, 4.69) is 32.0 Å². The SMILES string of the molecule is CCC(C)(C#N)Cc1ccccc1C. The lowest BCUT2D eigenvalue weighted by Crippen LogP contribution is -2.16. The largest absolute Gasteiger partial charge is 0.198 e. The molecular weight excluding hydrogens is 170 g/mol. The summed E-state index contributed by atoms with van der Waals surface area (Å²) >= 11 is 0. The summed E-state index contributed by atoms with van der Waals surface area (Å²) in [5, 5.41) is 9.09. The van der Waals surface area contributed by atoms with Crippen LogP contribution in [0.5, 0.6) is 0 Å². The Morgan fingerprint density at radius 2 is 2.00 bits per heavy atom. The molecule has 74 valence electrons. The van der Waals surface area contributed by atoms with Crippen LogP contribution in [0.3, 0.4) is 0 Å². The van der Waals surface area contributed by atoms with Gasteiger partial charge < -0.3 is 0 Å². The highest BCUT2D eigenvalue weighted by Crippen LogP contribution is 2.26. The number of aryl methyl sites for hydroxylation is 1. The van der Waals surface area contributed by atoms with Crippen molar-refractivity contribution >= 4 is 0 Å². The molecule has 1 heteroatoms. The normalized spacial score (nSPS) is 14.4. The zero-order chi connectivity index (χ0) is 10.6. The Hall–Kier alpha value is -1.29. The first-order valence-corrected chi connectivity index (χ1v) is 5.07. The van der Waals surface area contributed by atoms with E-state index in [0.717, 1.165) is 12.8 Å². The number of nitrogens with zero attached hydrogens (tertiary/aromatic N) is 1. The number of benzene rings is 1. The summed E-state index contributed by atoms with van der Waals surface area (Å²) in [4.78, 5) is 0. The molecule has 0 heterocycles. The van der Waals surface area contributed by atoms with Crippen LogP contribution in [0.15, 0.2) is 24.3 Å². The maximum Gasteiger partial charge on any atom is 0.0690 e. The highest BCUT2D eigenvalue weighted by Gasteiger charge is 2.22. The smallest absolute Gasteiger partial charge is 0.0690 e. The van der Waals surface area contributed by atoms with E-state index in [1.165, 1.54) is 11.1 Å². The van der Waals surface area contributed by atoms with Gasteiger partial charge in [0, 0.05) is 0 Å². The Bertz CT molecular complexity index is 348. The maximum atomic E-state index is 9.09. The van der Waals surface area contributed by atoms with Gasteiger partial charge in [0.15, 0.2) is 0 Å². The zero-order valence-corrected chi connectivity index (χ0v) is 9.17. The molecule has 0 aliphatic heterocycles. The first-order chi connectivity index (χ1) is 6.61. The standard InChI is InChI=1S/C13H17N/c1-4-13(3,10-14)9-12-8-6-5-7-11(12)2/h5-8H,4,9H2,1-3H3. The molecule has 1 unspecified atom stereocenters. The average Bonchev–Trinajstić information content (AvgIpc) is 2.21. The predicted molar refractivity (Wildman–Crippen MR) is 58.9 cm³/mol. The lowest BCUT2D eigenvalue weighted by molar-refractivity contribution is 0.422. The van der Waals surface area contributed by atoms with Crippen molar-refractivity contribution in [1.82, 2.24) is 0 Å². The molecule has 14 heavy (non-hydrogen) atoms. The molecule has 1 aromatic rings. The van der Waals surface area contributed by atoms with Crippen molar-refractivity contribution in [2.24, 2.45) is 5.41 Å². The van der Waals surface area contributed by atoms with Gasteiger partial charge in [0.25, 0.3) is 0 Å². The van der Waals surface area contributed by atoms with E-state index < -0.39 is 0 Å². The van der Waals surface area contributed by atoms with Gasteiger partial charge in [-0.25, -0.2) is 0 Å². The second-order valence-electron chi connectivity index (χ2n) is 4.13. The molecule has 0 saturated heterocycles. The van der Waals surface area contributed by atoms with Crippen molar-refractivity contribution in [2.45, 2.75) is 33.6 Å². The van der Waals surface area contributed by atoms with Crippen molar-refractivity contribution < 1.29 is 0 Å². The van der Waals surface area contributed by atoms with Gasteiger partial charge in [-0.3, -0.25) is 0 Å². The quantitative estimate of drug-likeness (QED) is 0.710. The van der Waals surface area contributed by atoms with Gasteiger partial charge in [0.1, 0.15) is 0 Å². The van der Waals surface area contributed by atoms with Crippen LogP contribution in [0, 0.1) is 23.7 Å². The van der Waals surface area contributed by atoms with Gasteiger partial charge in [-0.2, -0.15) is 5.26 Å². The molecule has 0 amide bonds. The minimum atomic E-state index is -0.216. The summed E-state index contributed by atoms with van der Waals surface area (Å²) in [6.07, 6.45) is 1.75. The third-order valence-electron chi connectivity index (χ3n) is 2.89. The van der Waals surface area contributed by atoms with Crippen molar-refractivity contribution in [1.29, 1.82) is 5.26 Å². The lowest BCUT2D eigenvalue weighted by atomic mass is 9.82. The van der Waals surface area contributed by atoms with Crippen molar-refractivity contribution in [2.75, 3.05) is 0 Å². The van der Waals surface area contributed by atoms with Crippen molar-refractivity contribution in [3.63, 3.8) is 0 Å². The summed E-state index contributed by atoms with van der Waals surface area (Å²) < 4.78 is 0. The van der Waals surface area contributed by atoms with Crippen LogP contribution in [0.25, 0.3) is 0 Å². The summed E-state index contributed by atoms with van der Waals surface area (Å²) in [6.45, 7) is 6.20. The summed E-state index contributed by atoms with van der Waals surface area (Å²) in [7, 11) is 0. The van der Waals surface area contributed by atoms with E-state index in [-0.39, 0.29) is 5.41 Å². The molecule has 0 spiro atoms. The predicted octanol–water partition coefficient (Wildman–Crippen LogP) is 3.48. The van der Waals surface area contributed by atoms with Gasteiger partial charge >= 0.3 is 0 Å². The van der Waals surface area contributed by atoms with Gasteiger partial charge in [-0.1, -0.05) is 31.2 Å². The highest BCUT2D eigenvalue weighted by molar-refractivity contribution is 5.27. The van der Waals surface area contributed by atoms with Crippen LogP contribution in [0.1, 0.15) is 31.4 Å². The lowest BCUT2D eigenvalue weighted by Gasteiger charge is -2.20. The van der Waals surface area contributed by atoms with Crippen molar-refractivity contribution in [3.05, 3.63) is 35.4 Å². The summed E-state index contributed by atoms with van der Waals surface area (Å²) in [5.74, 6) is 0. The third kappa shape index (κ3) is 2.35. The van der Waals surface area contributed by atoms with E-state index in [9.17, 15) is 0 Å². The minimum absolute atomic E-state index is 0.216. The van der Waals surface area contributed by atoms with Crippen LogP contribution in [-0.4, -0.2) is 0 Å². The van der Waals surface area contributed by atoms with Gasteiger partial charge in [-0.15, -0.1) is 0 Å². The zero-order valence-electron chi connectivity index (χ0n) is 9.17. The number of rotatable bonds is 3. The fourth-order valence-electron chi connectivity index (χ4n) is 1.47. The first kappa shape index (κ1) is 10.8. The van der Waals surface area contributed by atoms with Crippen LogP contribution < -0.4 is 0 Å². The van der Waals surface area contributed by atoms with Gasteiger partial charge in [-0.05, 0) is 37.8 Å². The van der Waals surface area contributed by atoms with E-state index in [4.69, 9.17) is 5.26 Å². The number of nitriles is 1. The summed E-state index contributed by atoms with van der Waals surface area (Å²) in [5.41, 5.74) is 2.35. The molecule has 1 atom stereocenters. The Morgan fingerprint density at radius 1 is 1.36 bits per heavy atom. The molecular formula is C13H17N. The fourth-order valence-corrected chi connectivity index (χ4v) is 1.47. The second kappa shape index (κ2) is 4.28.